The number of esters is 1. The molecule has 0 spiro atoms. The highest BCUT2D eigenvalue weighted by molar-refractivity contribution is 7.16. The molecular weight excluding hydrogens is 472 g/mol. The quantitative estimate of drug-likeness (QED) is 0.288. The second-order valence-corrected chi connectivity index (χ2v) is 7.92. The summed E-state index contributed by atoms with van der Waals surface area (Å²) in [6.45, 7) is 2.25. The summed E-state index contributed by atoms with van der Waals surface area (Å²) in [7, 11) is 0. The number of carbonyl (C=O) groups is 2. The molecule has 0 unspecified atom stereocenters. The van der Waals surface area contributed by atoms with E-state index in [2.05, 4.69) is 4.99 Å². The van der Waals surface area contributed by atoms with Crippen LogP contribution in [0.1, 0.15) is 17.3 Å². The first-order valence-corrected chi connectivity index (χ1v) is 10.7. The van der Waals surface area contributed by atoms with Crippen LogP contribution >= 0.6 is 11.3 Å². The van der Waals surface area contributed by atoms with Gasteiger partial charge < -0.3 is 18.8 Å². The first-order valence-electron chi connectivity index (χ1n) is 9.88. The van der Waals surface area contributed by atoms with Gasteiger partial charge in [0.1, 0.15) is 19.8 Å². The van der Waals surface area contributed by atoms with Gasteiger partial charge in [0.2, 0.25) is 0 Å². The summed E-state index contributed by atoms with van der Waals surface area (Å²) in [6, 6.07) is 5.91. The van der Waals surface area contributed by atoms with Crippen molar-refractivity contribution >= 4 is 44.8 Å². The number of hydrogen-bond donors (Lipinski definition) is 0. The molecule has 34 heavy (non-hydrogen) atoms. The van der Waals surface area contributed by atoms with Gasteiger partial charge in [-0.3, -0.25) is 29.8 Å². The number of non-ortho nitro benzene ring substituents is 2. The molecule has 13 nitrogen and oxygen atoms in total. The molecule has 1 amide bonds. The van der Waals surface area contributed by atoms with E-state index in [0.29, 0.717) is 34.9 Å². The summed E-state index contributed by atoms with van der Waals surface area (Å²) in [4.78, 5) is 49.8. The highest BCUT2D eigenvalue weighted by atomic mass is 32.1. The lowest BCUT2D eigenvalue weighted by Crippen LogP contribution is -2.23. The van der Waals surface area contributed by atoms with Gasteiger partial charge in [-0.1, -0.05) is 11.3 Å². The molecule has 0 saturated carbocycles. The standard InChI is InChI=1S/C20H16N4O9S/c1-2-31-18(25)10-22-14-8-15-16(33-4-3-32-15)9-17(14)34-20(22)21-19(26)11-5-12(23(27)28)7-13(6-11)24(29)30/h5-9H,2-4,10H2,1H3. The Morgan fingerprint density at radius 3 is 2.26 bits per heavy atom. The largest absolute Gasteiger partial charge is 0.486 e. The van der Waals surface area contributed by atoms with Crippen LogP contribution in [-0.4, -0.2) is 46.1 Å². The normalized spacial score (nSPS) is 13.0. The fourth-order valence-corrected chi connectivity index (χ4v) is 4.30. The van der Waals surface area contributed by atoms with E-state index in [4.69, 9.17) is 14.2 Å². The molecule has 3 aromatic rings. The summed E-state index contributed by atoms with van der Waals surface area (Å²) in [5.74, 6) is -0.568. The summed E-state index contributed by atoms with van der Waals surface area (Å²) in [5.41, 5.74) is -1.05. The molecule has 1 aliphatic heterocycles. The van der Waals surface area contributed by atoms with E-state index >= 15 is 0 Å². The molecule has 176 valence electrons. The van der Waals surface area contributed by atoms with Gasteiger partial charge in [0.25, 0.3) is 17.3 Å². The van der Waals surface area contributed by atoms with E-state index in [0.717, 1.165) is 29.5 Å². The third kappa shape index (κ3) is 4.56. The molecule has 4 rings (SSSR count). The zero-order valence-corrected chi connectivity index (χ0v) is 18.4. The van der Waals surface area contributed by atoms with E-state index in [9.17, 15) is 29.8 Å². The third-order valence-electron chi connectivity index (χ3n) is 4.71. The van der Waals surface area contributed by atoms with Crippen LogP contribution in [0.2, 0.25) is 0 Å². The Hall–Kier alpha value is -4.33. The summed E-state index contributed by atoms with van der Waals surface area (Å²) in [6.07, 6.45) is 0. The first kappa shape index (κ1) is 22.8. The lowest BCUT2D eigenvalue weighted by molar-refractivity contribution is -0.394. The van der Waals surface area contributed by atoms with Crippen LogP contribution in [0.25, 0.3) is 10.2 Å². The Bertz CT molecular complexity index is 1380. The number of thiazole rings is 1. The number of carbonyl (C=O) groups excluding carboxylic acids is 2. The van der Waals surface area contributed by atoms with Crippen molar-refractivity contribution < 1.29 is 33.6 Å². The summed E-state index contributed by atoms with van der Waals surface area (Å²) < 4.78 is 18.3. The van der Waals surface area contributed by atoms with Gasteiger partial charge in [0.15, 0.2) is 16.3 Å². The van der Waals surface area contributed by atoms with Crippen molar-refractivity contribution in [1.82, 2.24) is 4.57 Å². The van der Waals surface area contributed by atoms with Gasteiger partial charge in [-0.05, 0) is 6.92 Å². The average molecular weight is 488 g/mol. The zero-order valence-electron chi connectivity index (χ0n) is 17.6. The Balaban J connectivity index is 1.86. The van der Waals surface area contributed by atoms with Gasteiger partial charge in [-0.25, -0.2) is 0 Å². The smallest absolute Gasteiger partial charge is 0.326 e. The minimum Gasteiger partial charge on any atom is -0.486 e. The molecule has 0 N–H and O–H groups in total. The summed E-state index contributed by atoms with van der Waals surface area (Å²) >= 11 is 1.07. The van der Waals surface area contributed by atoms with Gasteiger partial charge in [0.05, 0.1) is 38.3 Å². The fraction of sp³-hybridized carbons (Fsp3) is 0.250. The Labute approximate surface area is 194 Å². The van der Waals surface area contributed by atoms with Crippen molar-refractivity contribution in [2.45, 2.75) is 13.5 Å². The molecule has 2 heterocycles. The van der Waals surface area contributed by atoms with Crippen LogP contribution in [0, 0.1) is 20.2 Å². The molecule has 0 aliphatic carbocycles. The second-order valence-electron chi connectivity index (χ2n) is 6.91. The number of aromatic nitrogens is 1. The number of nitro benzene ring substituents is 2. The molecule has 0 saturated heterocycles. The lowest BCUT2D eigenvalue weighted by atomic mass is 10.1. The van der Waals surface area contributed by atoms with E-state index in [-0.39, 0.29) is 23.5 Å². The molecule has 0 bridgehead atoms. The SMILES string of the molecule is CCOC(=O)Cn1c(=NC(=O)c2cc([N+](=O)[O-])cc([N+](=O)[O-])c2)sc2cc3c(cc21)OCCO3. The Kier molecular flexibility index (Phi) is 6.23. The maximum absolute atomic E-state index is 12.9. The van der Waals surface area contributed by atoms with E-state index in [1.54, 1.807) is 19.1 Å². The van der Waals surface area contributed by atoms with Crippen molar-refractivity contribution in [2.75, 3.05) is 19.8 Å². The molecule has 0 atom stereocenters. The number of fused-ring (bicyclic) bond motifs is 2. The van der Waals surface area contributed by atoms with Crippen LogP contribution in [0.4, 0.5) is 11.4 Å². The highest BCUT2D eigenvalue weighted by Crippen LogP contribution is 2.35. The minimum absolute atomic E-state index is 0.0876. The topological polar surface area (TPSA) is 165 Å². The molecule has 14 heteroatoms. The number of hydrogen-bond acceptors (Lipinski definition) is 10. The van der Waals surface area contributed by atoms with Gasteiger partial charge in [-0.15, -0.1) is 0 Å². The molecule has 0 fully saturated rings. The molecule has 2 aromatic carbocycles. The Morgan fingerprint density at radius 1 is 1.06 bits per heavy atom. The van der Waals surface area contributed by atoms with E-state index < -0.39 is 33.1 Å². The average Bonchev–Trinajstić information content (AvgIpc) is 3.12. The van der Waals surface area contributed by atoms with Crippen LogP contribution in [0.5, 0.6) is 11.5 Å². The first-order chi connectivity index (χ1) is 16.3. The van der Waals surface area contributed by atoms with Crippen LogP contribution < -0.4 is 14.3 Å². The van der Waals surface area contributed by atoms with Crippen LogP contribution in [0.15, 0.2) is 35.3 Å². The molecular formula is C20H16N4O9S. The van der Waals surface area contributed by atoms with Gasteiger partial charge >= 0.3 is 5.97 Å². The predicted molar refractivity (Wildman–Crippen MR) is 117 cm³/mol. The lowest BCUT2D eigenvalue weighted by Gasteiger charge is -2.18. The van der Waals surface area contributed by atoms with E-state index in [1.807, 2.05) is 0 Å². The third-order valence-corrected chi connectivity index (χ3v) is 5.75. The van der Waals surface area contributed by atoms with Crippen molar-refractivity contribution in [3.63, 3.8) is 0 Å². The predicted octanol–water partition coefficient (Wildman–Crippen LogP) is 2.59. The van der Waals surface area contributed by atoms with Crippen molar-refractivity contribution in [1.29, 1.82) is 0 Å². The van der Waals surface area contributed by atoms with Gasteiger partial charge in [-0.2, -0.15) is 4.99 Å². The summed E-state index contributed by atoms with van der Waals surface area (Å²) in [5, 5.41) is 22.3. The van der Waals surface area contributed by atoms with Crippen LogP contribution in [0.3, 0.4) is 0 Å². The monoisotopic (exact) mass is 488 g/mol. The molecule has 0 radical (unpaired) electrons. The number of ether oxygens (including phenoxy) is 3. The highest BCUT2D eigenvalue weighted by Gasteiger charge is 2.22. The number of amides is 1. The maximum atomic E-state index is 12.9. The van der Waals surface area contributed by atoms with Crippen molar-refractivity contribution in [3.8, 4) is 11.5 Å². The second kappa shape index (κ2) is 9.27. The number of rotatable bonds is 6. The minimum atomic E-state index is -0.951. The zero-order chi connectivity index (χ0) is 24.4. The number of benzene rings is 2. The Morgan fingerprint density at radius 2 is 1.68 bits per heavy atom. The van der Waals surface area contributed by atoms with Gasteiger partial charge in [0, 0.05) is 24.3 Å². The fourth-order valence-electron chi connectivity index (χ4n) is 3.26. The maximum Gasteiger partial charge on any atom is 0.326 e. The van der Waals surface area contributed by atoms with Crippen molar-refractivity contribution in [3.05, 3.63) is 60.9 Å². The van der Waals surface area contributed by atoms with E-state index in [1.165, 1.54) is 4.57 Å². The number of nitrogens with zero attached hydrogens (tertiary/aromatic N) is 4. The van der Waals surface area contributed by atoms with Crippen molar-refractivity contribution in [2.24, 2.45) is 4.99 Å². The van der Waals surface area contributed by atoms with Crippen LogP contribution in [-0.2, 0) is 16.1 Å². The number of nitro groups is 2. The molecule has 1 aliphatic rings. The molecule has 1 aromatic heterocycles.